The maximum absolute atomic E-state index is 11.3. The first-order valence-electron chi connectivity index (χ1n) is 4.07. The van der Waals surface area contributed by atoms with Crippen LogP contribution in [-0.2, 0) is 0 Å². The van der Waals surface area contributed by atoms with Crippen LogP contribution in [0.25, 0.3) is 0 Å². The maximum atomic E-state index is 11.3. The SMILES string of the molecule is CC(C)C=NNC(=O)c1cccs1. The third kappa shape index (κ3) is 3.38. The summed E-state index contributed by atoms with van der Waals surface area (Å²) in [4.78, 5) is 12.0. The Bertz CT molecular complexity index is 291. The van der Waals surface area contributed by atoms with Crippen LogP contribution < -0.4 is 5.43 Å². The zero-order valence-electron chi connectivity index (χ0n) is 7.65. The van der Waals surface area contributed by atoms with Gasteiger partial charge in [0.25, 0.3) is 5.91 Å². The Labute approximate surface area is 81.5 Å². The monoisotopic (exact) mass is 196 g/mol. The fraction of sp³-hybridized carbons (Fsp3) is 0.333. The van der Waals surface area contributed by atoms with E-state index >= 15 is 0 Å². The summed E-state index contributed by atoms with van der Waals surface area (Å²) in [7, 11) is 0. The van der Waals surface area contributed by atoms with Gasteiger partial charge in [0.05, 0.1) is 4.88 Å². The molecule has 0 saturated heterocycles. The molecular formula is C9H12N2OS. The normalized spacial score (nSPS) is 11.0. The summed E-state index contributed by atoms with van der Waals surface area (Å²) in [6, 6.07) is 3.61. The Balaban J connectivity index is 2.43. The van der Waals surface area contributed by atoms with Gasteiger partial charge >= 0.3 is 0 Å². The quantitative estimate of drug-likeness (QED) is 0.584. The van der Waals surface area contributed by atoms with E-state index in [2.05, 4.69) is 10.5 Å². The zero-order chi connectivity index (χ0) is 9.68. The lowest BCUT2D eigenvalue weighted by Gasteiger charge is -1.96. The van der Waals surface area contributed by atoms with Crippen molar-refractivity contribution in [2.24, 2.45) is 11.0 Å². The molecule has 1 heterocycles. The first-order valence-corrected chi connectivity index (χ1v) is 4.95. The van der Waals surface area contributed by atoms with Crippen LogP contribution in [0.4, 0.5) is 0 Å². The molecule has 0 unspecified atom stereocenters. The largest absolute Gasteiger partial charge is 0.281 e. The van der Waals surface area contributed by atoms with Crippen molar-refractivity contribution in [2.45, 2.75) is 13.8 Å². The molecule has 0 bridgehead atoms. The Morgan fingerprint density at radius 3 is 3.00 bits per heavy atom. The van der Waals surface area contributed by atoms with Gasteiger partial charge in [-0.15, -0.1) is 11.3 Å². The number of carbonyl (C=O) groups is 1. The van der Waals surface area contributed by atoms with Crippen LogP contribution in [0.2, 0.25) is 0 Å². The molecule has 1 rings (SSSR count). The van der Waals surface area contributed by atoms with E-state index in [1.165, 1.54) is 11.3 Å². The molecule has 0 radical (unpaired) electrons. The molecule has 0 fully saturated rings. The second kappa shape index (κ2) is 4.77. The molecule has 0 aliphatic rings. The van der Waals surface area contributed by atoms with E-state index in [1.807, 2.05) is 25.3 Å². The highest BCUT2D eigenvalue weighted by molar-refractivity contribution is 7.12. The third-order valence-electron chi connectivity index (χ3n) is 1.28. The van der Waals surface area contributed by atoms with Crippen LogP contribution in [0.5, 0.6) is 0 Å². The maximum Gasteiger partial charge on any atom is 0.281 e. The van der Waals surface area contributed by atoms with Gasteiger partial charge in [-0.1, -0.05) is 19.9 Å². The van der Waals surface area contributed by atoms with Gasteiger partial charge < -0.3 is 0 Å². The van der Waals surface area contributed by atoms with Gasteiger partial charge in [-0.2, -0.15) is 5.10 Å². The van der Waals surface area contributed by atoms with Crippen molar-refractivity contribution < 1.29 is 4.79 Å². The van der Waals surface area contributed by atoms with Crippen molar-refractivity contribution in [2.75, 3.05) is 0 Å². The van der Waals surface area contributed by atoms with E-state index in [9.17, 15) is 4.79 Å². The van der Waals surface area contributed by atoms with Crippen molar-refractivity contribution in [1.82, 2.24) is 5.43 Å². The molecule has 0 atom stereocenters. The Morgan fingerprint density at radius 2 is 2.46 bits per heavy atom. The van der Waals surface area contributed by atoms with Gasteiger partial charge in [-0.3, -0.25) is 4.79 Å². The summed E-state index contributed by atoms with van der Waals surface area (Å²) >= 11 is 1.40. The minimum atomic E-state index is -0.146. The van der Waals surface area contributed by atoms with E-state index in [0.29, 0.717) is 10.8 Å². The van der Waals surface area contributed by atoms with Crippen LogP contribution in [-0.4, -0.2) is 12.1 Å². The van der Waals surface area contributed by atoms with E-state index in [0.717, 1.165) is 0 Å². The molecule has 70 valence electrons. The zero-order valence-corrected chi connectivity index (χ0v) is 8.47. The number of carbonyl (C=O) groups excluding carboxylic acids is 1. The number of amides is 1. The minimum Gasteiger partial charge on any atom is -0.266 e. The number of rotatable bonds is 3. The Kier molecular flexibility index (Phi) is 3.64. The van der Waals surface area contributed by atoms with Crippen molar-refractivity contribution in [3.8, 4) is 0 Å². The fourth-order valence-electron chi connectivity index (χ4n) is 0.708. The second-order valence-corrected chi connectivity index (χ2v) is 3.89. The Hall–Kier alpha value is -1.16. The highest BCUT2D eigenvalue weighted by Gasteiger charge is 2.03. The molecule has 4 heteroatoms. The molecule has 3 nitrogen and oxygen atoms in total. The average molecular weight is 196 g/mol. The van der Waals surface area contributed by atoms with Crippen LogP contribution in [0.15, 0.2) is 22.6 Å². The van der Waals surface area contributed by atoms with Crippen LogP contribution in [0.1, 0.15) is 23.5 Å². The van der Waals surface area contributed by atoms with Crippen LogP contribution in [0.3, 0.4) is 0 Å². The molecule has 13 heavy (non-hydrogen) atoms. The molecule has 0 saturated carbocycles. The number of nitrogens with zero attached hydrogens (tertiary/aromatic N) is 1. The van der Waals surface area contributed by atoms with Gasteiger partial charge in [0.2, 0.25) is 0 Å². The lowest BCUT2D eigenvalue weighted by atomic mass is 10.3. The minimum absolute atomic E-state index is 0.146. The number of hydrogen-bond acceptors (Lipinski definition) is 3. The summed E-state index contributed by atoms with van der Waals surface area (Å²) < 4.78 is 0. The van der Waals surface area contributed by atoms with Crippen molar-refractivity contribution in [3.05, 3.63) is 22.4 Å². The molecule has 1 amide bonds. The number of hydrogen-bond donors (Lipinski definition) is 1. The number of hydrazone groups is 1. The van der Waals surface area contributed by atoms with Crippen molar-refractivity contribution in [3.63, 3.8) is 0 Å². The number of thiophene rings is 1. The predicted octanol–water partition coefficient (Wildman–Crippen LogP) is 2.12. The summed E-state index contributed by atoms with van der Waals surface area (Å²) in [6.07, 6.45) is 1.70. The van der Waals surface area contributed by atoms with Gasteiger partial charge in [-0.05, 0) is 17.4 Å². The molecule has 1 N–H and O–H groups in total. The summed E-state index contributed by atoms with van der Waals surface area (Å²) in [5.41, 5.74) is 2.46. The van der Waals surface area contributed by atoms with E-state index in [4.69, 9.17) is 0 Å². The van der Waals surface area contributed by atoms with Crippen LogP contribution >= 0.6 is 11.3 Å². The van der Waals surface area contributed by atoms with Gasteiger partial charge in [0.15, 0.2) is 0 Å². The third-order valence-corrected chi connectivity index (χ3v) is 2.15. The van der Waals surface area contributed by atoms with E-state index in [1.54, 1.807) is 12.3 Å². The molecule has 1 aromatic heterocycles. The highest BCUT2D eigenvalue weighted by Crippen LogP contribution is 2.07. The van der Waals surface area contributed by atoms with Gasteiger partial charge in [-0.25, -0.2) is 5.43 Å². The molecule has 1 aromatic rings. The highest BCUT2D eigenvalue weighted by atomic mass is 32.1. The van der Waals surface area contributed by atoms with E-state index < -0.39 is 0 Å². The van der Waals surface area contributed by atoms with Gasteiger partial charge in [0, 0.05) is 6.21 Å². The summed E-state index contributed by atoms with van der Waals surface area (Å²) in [5, 5.41) is 5.67. The molecule has 0 aromatic carbocycles. The first kappa shape index (κ1) is 9.92. The first-order chi connectivity index (χ1) is 6.20. The topological polar surface area (TPSA) is 41.5 Å². The average Bonchev–Trinajstić information content (AvgIpc) is 2.55. The molecular weight excluding hydrogens is 184 g/mol. The fourth-order valence-corrected chi connectivity index (χ4v) is 1.32. The standard InChI is InChI=1S/C9H12N2OS/c1-7(2)6-10-11-9(12)8-4-3-5-13-8/h3-7H,1-2H3,(H,11,12). The lowest BCUT2D eigenvalue weighted by Crippen LogP contribution is -2.16. The van der Waals surface area contributed by atoms with Crippen LogP contribution in [0, 0.1) is 5.92 Å². The van der Waals surface area contributed by atoms with Crippen molar-refractivity contribution >= 4 is 23.5 Å². The lowest BCUT2D eigenvalue weighted by molar-refractivity contribution is 0.0959. The van der Waals surface area contributed by atoms with E-state index in [-0.39, 0.29) is 5.91 Å². The summed E-state index contributed by atoms with van der Waals surface area (Å²) in [5.74, 6) is 0.204. The molecule has 0 aliphatic heterocycles. The second-order valence-electron chi connectivity index (χ2n) is 2.94. The smallest absolute Gasteiger partial charge is 0.266 e. The van der Waals surface area contributed by atoms with Gasteiger partial charge in [0.1, 0.15) is 0 Å². The predicted molar refractivity (Wildman–Crippen MR) is 55.1 cm³/mol. The summed E-state index contributed by atoms with van der Waals surface area (Å²) in [6.45, 7) is 4.00. The number of nitrogens with one attached hydrogen (secondary N) is 1. The Morgan fingerprint density at radius 1 is 1.69 bits per heavy atom. The molecule has 0 aliphatic carbocycles. The van der Waals surface area contributed by atoms with Crippen molar-refractivity contribution in [1.29, 1.82) is 0 Å². The molecule has 0 spiro atoms.